The van der Waals surface area contributed by atoms with Crippen molar-refractivity contribution in [2.45, 2.75) is 0 Å². The summed E-state index contributed by atoms with van der Waals surface area (Å²) in [5, 5.41) is 8.77. The van der Waals surface area contributed by atoms with Gasteiger partial charge in [0.25, 0.3) is 5.91 Å². The number of allylic oxidation sites excluding steroid dienone is 3. The van der Waals surface area contributed by atoms with E-state index in [1.165, 1.54) is 0 Å². The molecular formula is C9H8N2O2. The SMILES string of the molecule is O=C1N=C(CO)N=C2C=CC=CC12. The van der Waals surface area contributed by atoms with Gasteiger partial charge in [-0.25, -0.2) is 4.99 Å². The van der Waals surface area contributed by atoms with Crippen LogP contribution in [0.5, 0.6) is 0 Å². The average molecular weight is 176 g/mol. The molecule has 66 valence electrons. The highest BCUT2D eigenvalue weighted by Gasteiger charge is 2.25. The molecule has 1 aliphatic carbocycles. The maximum absolute atomic E-state index is 11.3. The summed E-state index contributed by atoms with van der Waals surface area (Å²) in [6.45, 7) is -0.292. The predicted molar refractivity (Wildman–Crippen MR) is 48.7 cm³/mol. The Bertz CT molecular complexity index is 364. The molecular weight excluding hydrogens is 168 g/mol. The minimum absolute atomic E-state index is 0.191. The van der Waals surface area contributed by atoms with Crippen molar-refractivity contribution in [2.24, 2.45) is 15.9 Å². The Morgan fingerprint density at radius 2 is 2.23 bits per heavy atom. The highest BCUT2D eigenvalue weighted by Crippen LogP contribution is 2.15. The molecule has 13 heavy (non-hydrogen) atoms. The molecule has 1 aliphatic heterocycles. The van der Waals surface area contributed by atoms with E-state index in [1.807, 2.05) is 6.08 Å². The molecule has 0 aromatic heterocycles. The summed E-state index contributed by atoms with van der Waals surface area (Å²) < 4.78 is 0. The van der Waals surface area contributed by atoms with Crippen LogP contribution in [0.2, 0.25) is 0 Å². The van der Waals surface area contributed by atoms with Gasteiger partial charge in [-0.3, -0.25) is 4.79 Å². The monoisotopic (exact) mass is 176 g/mol. The second-order valence-electron chi connectivity index (χ2n) is 2.78. The van der Waals surface area contributed by atoms with Gasteiger partial charge in [-0.2, -0.15) is 4.99 Å². The van der Waals surface area contributed by atoms with Crippen LogP contribution in [0.1, 0.15) is 0 Å². The molecule has 0 aromatic carbocycles. The third-order valence-electron chi connectivity index (χ3n) is 1.91. The molecule has 0 saturated carbocycles. The number of hydrogen-bond acceptors (Lipinski definition) is 3. The van der Waals surface area contributed by atoms with Crippen LogP contribution in [0, 0.1) is 5.92 Å². The number of amides is 1. The summed E-state index contributed by atoms with van der Waals surface area (Å²) in [7, 11) is 0. The van der Waals surface area contributed by atoms with E-state index in [1.54, 1.807) is 18.2 Å². The zero-order chi connectivity index (χ0) is 9.26. The minimum Gasteiger partial charge on any atom is -0.388 e. The van der Waals surface area contributed by atoms with Gasteiger partial charge in [0.15, 0.2) is 5.84 Å². The minimum atomic E-state index is -0.347. The van der Waals surface area contributed by atoms with Gasteiger partial charge in [-0.15, -0.1) is 0 Å². The Kier molecular flexibility index (Phi) is 1.90. The van der Waals surface area contributed by atoms with Crippen LogP contribution in [0.4, 0.5) is 0 Å². The maximum atomic E-state index is 11.3. The third kappa shape index (κ3) is 1.36. The van der Waals surface area contributed by atoms with Crippen LogP contribution in [0.25, 0.3) is 0 Å². The van der Waals surface area contributed by atoms with Crippen molar-refractivity contribution < 1.29 is 9.90 Å². The maximum Gasteiger partial charge on any atom is 0.260 e. The molecule has 4 nitrogen and oxygen atoms in total. The van der Waals surface area contributed by atoms with Crippen molar-refractivity contribution >= 4 is 17.5 Å². The number of fused-ring (bicyclic) bond motifs is 1. The van der Waals surface area contributed by atoms with Crippen molar-refractivity contribution in [2.75, 3.05) is 6.61 Å². The van der Waals surface area contributed by atoms with Crippen molar-refractivity contribution in [3.05, 3.63) is 24.3 Å². The number of nitrogens with zero attached hydrogens (tertiary/aromatic N) is 2. The van der Waals surface area contributed by atoms with Gasteiger partial charge >= 0.3 is 0 Å². The van der Waals surface area contributed by atoms with Crippen molar-refractivity contribution in [1.82, 2.24) is 0 Å². The molecule has 2 aliphatic rings. The van der Waals surface area contributed by atoms with Crippen molar-refractivity contribution in [3.63, 3.8) is 0 Å². The molecule has 0 saturated heterocycles. The topological polar surface area (TPSA) is 62.0 Å². The van der Waals surface area contributed by atoms with Crippen LogP contribution in [0.3, 0.4) is 0 Å². The zero-order valence-electron chi connectivity index (χ0n) is 6.84. The van der Waals surface area contributed by atoms with Crippen LogP contribution < -0.4 is 0 Å². The van der Waals surface area contributed by atoms with E-state index in [9.17, 15) is 4.79 Å². The Hall–Kier alpha value is -1.55. The molecule has 1 amide bonds. The number of aliphatic hydroxyl groups is 1. The van der Waals surface area contributed by atoms with E-state index in [0.717, 1.165) is 0 Å². The summed E-state index contributed by atoms with van der Waals surface area (Å²) >= 11 is 0. The van der Waals surface area contributed by atoms with E-state index >= 15 is 0 Å². The van der Waals surface area contributed by atoms with Crippen molar-refractivity contribution in [3.8, 4) is 0 Å². The zero-order valence-corrected chi connectivity index (χ0v) is 6.84. The molecule has 1 unspecified atom stereocenters. The Morgan fingerprint density at radius 3 is 3.00 bits per heavy atom. The van der Waals surface area contributed by atoms with Crippen LogP contribution in [-0.2, 0) is 4.79 Å². The van der Waals surface area contributed by atoms with E-state index in [4.69, 9.17) is 5.11 Å². The lowest BCUT2D eigenvalue weighted by atomic mass is 9.97. The molecule has 1 heterocycles. The van der Waals surface area contributed by atoms with Gasteiger partial charge < -0.3 is 5.11 Å². The fourth-order valence-electron chi connectivity index (χ4n) is 1.29. The molecule has 1 atom stereocenters. The van der Waals surface area contributed by atoms with E-state index < -0.39 is 0 Å². The Balaban J connectivity index is 2.39. The van der Waals surface area contributed by atoms with Crippen LogP contribution >= 0.6 is 0 Å². The number of carbonyl (C=O) groups is 1. The molecule has 0 spiro atoms. The molecule has 4 heteroatoms. The number of amidine groups is 1. The number of aliphatic imine (C=N–C) groups is 2. The molecule has 0 radical (unpaired) electrons. The summed E-state index contributed by atoms with van der Waals surface area (Å²) in [6, 6.07) is 0. The first-order valence-electron chi connectivity index (χ1n) is 3.97. The highest BCUT2D eigenvalue weighted by atomic mass is 16.3. The molecule has 1 N–H and O–H groups in total. The van der Waals surface area contributed by atoms with E-state index in [2.05, 4.69) is 9.98 Å². The lowest BCUT2D eigenvalue weighted by Gasteiger charge is -2.16. The smallest absolute Gasteiger partial charge is 0.260 e. The van der Waals surface area contributed by atoms with Gasteiger partial charge in [0.05, 0.1) is 5.71 Å². The first-order chi connectivity index (χ1) is 6.31. The molecule has 2 rings (SSSR count). The first-order valence-corrected chi connectivity index (χ1v) is 3.97. The van der Waals surface area contributed by atoms with Gasteiger partial charge in [0.1, 0.15) is 12.5 Å². The average Bonchev–Trinajstić information content (AvgIpc) is 2.18. The molecule has 0 fully saturated rings. The van der Waals surface area contributed by atoms with E-state index in [-0.39, 0.29) is 24.3 Å². The number of rotatable bonds is 1. The fraction of sp³-hybridized carbons (Fsp3) is 0.222. The lowest BCUT2D eigenvalue weighted by Crippen LogP contribution is -2.27. The predicted octanol–water partition coefficient (Wildman–Crippen LogP) is 0.101. The van der Waals surface area contributed by atoms with Crippen LogP contribution in [-0.4, -0.2) is 29.2 Å². The standard InChI is InChI=1S/C9H8N2O2/c12-5-8-10-7-4-2-1-3-6(7)9(13)11-8/h1-4,6,12H,5H2. The number of hydrogen-bond donors (Lipinski definition) is 1. The van der Waals surface area contributed by atoms with Crippen molar-refractivity contribution in [1.29, 1.82) is 0 Å². The second kappa shape index (κ2) is 3.06. The van der Waals surface area contributed by atoms with E-state index in [0.29, 0.717) is 5.71 Å². The lowest BCUT2D eigenvalue weighted by molar-refractivity contribution is -0.118. The normalized spacial score (nSPS) is 25.3. The first kappa shape index (κ1) is 8.07. The summed E-state index contributed by atoms with van der Waals surface area (Å²) in [5.41, 5.74) is 0.659. The number of aliphatic hydroxyl groups excluding tert-OH is 1. The van der Waals surface area contributed by atoms with Gasteiger partial charge in [-0.1, -0.05) is 18.2 Å². The Labute approximate surface area is 75.0 Å². The van der Waals surface area contributed by atoms with Gasteiger partial charge in [-0.05, 0) is 6.08 Å². The summed E-state index contributed by atoms with van der Waals surface area (Å²) in [6.07, 6.45) is 7.11. The third-order valence-corrected chi connectivity index (χ3v) is 1.91. The van der Waals surface area contributed by atoms with Gasteiger partial charge in [0.2, 0.25) is 0 Å². The van der Waals surface area contributed by atoms with Gasteiger partial charge in [0, 0.05) is 0 Å². The highest BCUT2D eigenvalue weighted by molar-refractivity contribution is 6.21. The summed E-state index contributed by atoms with van der Waals surface area (Å²) in [4.78, 5) is 19.0. The largest absolute Gasteiger partial charge is 0.388 e. The Morgan fingerprint density at radius 1 is 1.38 bits per heavy atom. The quantitative estimate of drug-likeness (QED) is 0.616. The molecule has 0 aromatic rings. The molecule has 0 bridgehead atoms. The fourth-order valence-corrected chi connectivity index (χ4v) is 1.29. The summed E-state index contributed by atoms with van der Waals surface area (Å²) in [5.74, 6) is -0.411. The number of carbonyl (C=O) groups excluding carboxylic acids is 1. The second-order valence-corrected chi connectivity index (χ2v) is 2.78. The van der Waals surface area contributed by atoms with Crippen LogP contribution in [0.15, 0.2) is 34.3 Å².